The Labute approximate surface area is 190 Å². The number of hydrogen-bond donors (Lipinski definition) is 4. The number of β-lactam (4-membered cyclic amide) rings is 1. The van der Waals surface area contributed by atoms with E-state index in [-0.39, 0.29) is 41.4 Å². The van der Waals surface area contributed by atoms with Gasteiger partial charge in [0.25, 0.3) is 0 Å². The van der Waals surface area contributed by atoms with Gasteiger partial charge < -0.3 is 30.9 Å². The third-order valence-corrected chi connectivity index (χ3v) is 8.80. The maximum Gasteiger partial charge on any atom is 0.353 e. The molecule has 5 N–H and O–H groups in total. The van der Waals surface area contributed by atoms with Gasteiger partial charge in [-0.15, -0.1) is 11.8 Å². The molecule has 3 aliphatic rings. The maximum absolute atomic E-state index is 12.7. The number of aliphatic hydroxyl groups excluding tert-OH is 1. The molecule has 3 rings (SSSR count). The highest BCUT2D eigenvalue weighted by atomic mass is 32.2. The number of nitrogens with one attached hydrogen (secondary N) is 1. The van der Waals surface area contributed by atoms with E-state index in [1.165, 1.54) is 11.8 Å². The van der Waals surface area contributed by atoms with Crippen LogP contribution in [0.15, 0.2) is 10.6 Å². The van der Waals surface area contributed by atoms with Crippen molar-refractivity contribution in [2.24, 2.45) is 17.6 Å². The van der Waals surface area contributed by atoms with E-state index in [9.17, 15) is 24.6 Å². The van der Waals surface area contributed by atoms with Crippen LogP contribution in [0.4, 0.5) is 0 Å². The van der Waals surface area contributed by atoms with Gasteiger partial charge in [0.15, 0.2) is 0 Å². The van der Waals surface area contributed by atoms with Gasteiger partial charge in [-0.25, -0.2) is 4.79 Å². The van der Waals surface area contributed by atoms with Gasteiger partial charge in [0.05, 0.1) is 18.1 Å². The Bertz CT molecular complexity index is 763. The van der Waals surface area contributed by atoms with Crippen LogP contribution < -0.4 is 11.1 Å². The molecule has 0 bridgehead atoms. The fourth-order valence-electron chi connectivity index (χ4n) is 4.59. The molecule has 2 fully saturated rings. The van der Waals surface area contributed by atoms with E-state index in [1.807, 2.05) is 6.92 Å². The number of carboxylic acid groups (broad SMARTS) is 1. The topological polar surface area (TPSA) is 142 Å². The molecule has 0 spiro atoms. The Morgan fingerprint density at radius 1 is 1.42 bits per heavy atom. The zero-order valence-corrected chi connectivity index (χ0v) is 19.6. The maximum atomic E-state index is 12.7. The molecule has 0 aliphatic carbocycles. The molecule has 3 heterocycles. The molecule has 1 amide bonds. The van der Waals surface area contributed by atoms with Gasteiger partial charge in [0, 0.05) is 53.6 Å². The number of fused-ring (bicyclic) bond motifs is 1. The van der Waals surface area contributed by atoms with Crippen LogP contribution >= 0.6 is 23.5 Å². The standard InChI is InChI=1S/C20H31N3O6S2/c1-9-16-15(10(2)29-11(3)24)19(26)23(16)17(20(27)28)18(9)31-14-4-12(22-6-14)7-30-8-13(25)5-21/h9-10,12-16,22,25H,4-8,21H2,1-3H3,(H,27,28)/t9-,10-,12+,13?,14+,15-,16-/m1/s1. The summed E-state index contributed by atoms with van der Waals surface area (Å²) in [6, 6.07) is -0.0117. The van der Waals surface area contributed by atoms with Crippen molar-refractivity contribution in [1.82, 2.24) is 10.2 Å². The van der Waals surface area contributed by atoms with Crippen LogP contribution in [0.1, 0.15) is 27.2 Å². The van der Waals surface area contributed by atoms with E-state index in [2.05, 4.69) is 5.32 Å². The summed E-state index contributed by atoms with van der Waals surface area (Å²) in [6.07, 6.45) is -0.208. The number of carbonyl (C=O) groups excluding carboxylic acids is 2. The first-order valence-corrected chi connectivity index (χ1v) is 12.5. The number of aliphatic hydroxyl groups is 1. The Balaban J connectivity index is 1.64. The van der Waals surface area contributed by atoms with Crippen LogP contribution in [0, 0.1) is 11.8 Å². The van der Waals surface area contributed by atoms with Gasteiger partial charge >= 0.3 is 11.9 Å². The minimum atomic E-state index is -1.10. The van der Waals surface area contributed by atoms with E-state index in [0.29, 0.717) is 5.75 Å². The second-order valence-electron chi connectivity index (χ2n) is 8.35. The quantitative estimate of drug-likeness (QED) is 0.257. The van der Waals surface area contributed by atoms with Gasteiger partial charge in [0.1, 0.15) is 11.8 Å². The number of carbonyl (C=O) groups is 3. The minimum absolute atomic E-state index is 0.0719. The molecular weight excluding hydrogens is 442 g/mol. The lowest BCUT2D eigenvalue weighted by Gasteiger charge is -2.47. The van der Waals surface area contributed by atoms with Crippen LogP contribution in [-0.4, -0.2) is 87.1 Å². The van der Waals surface area contributed by atoms with Gasteiger partial charge in [-0.05, 0) is 13.3 Å². The number of aliphatic carboxylic acids is 1. The Morgan fingerprint density at radius 2 is 2.13 bits per heavy atom. The summed E-state index contributed by atoms with van der Waals surface area (Å²) in [6.45, 7) is 5.94. The Kier molecular flexibility index (Phi) is 7.95. The number of esters is 1. The first-order chi connectivity index (χ1) is 14.6. The first-order valence-electron chi connectivity index (χ1n) is 10.5. The molecular formula is C20H31N3O6S2. The largest absolute Gasteiger partial charge is 0.477 e. The minimum Gasteiger partial charge on any atom is -0.477 e. The lowest BCUT2D eigenvalue weighted by molar-refractivity contribution is -0.171. The summed E-state index contributed by atoms with van der Waals surface area (Å²) in [5.41, 5.74) is 5.50. The molecule has 0 aromatic carbocycles. The Hall–Kier alpha value is -1.27. The normalized spacial score (nSPS) is 32.0. The smallest absolute Gasteiger partial charge is 0.353 e. The molecule has 0 saturated carbocycles. The zero-order valence-electron chi connectivity index (χ0n) is 17.9. The van der Waals surface area contributed by atoms with Crippen molar-refractivity contribution >= 4 is 41.4 Å². The molecule has 1 unspecified atom stereocenters. The van der Waals surface area contributed by atoms with Crippen LogP contribution in [0.3, 0.4) is 0 Å². The molecule has 174 valence electrons. The van der Waals surface area contributed by atoms with Gasteiger partial charge in [-0.3, -0.25) is 9.59 Å². The zero-order chi connectivity index (χ0) is 22.9. The van der Waals surface area contributed by atoms with Gasteiger partial charge in [-0.1, -0.05) is 6.92 Å². The van der Waals surface area contributed by atoms with Crippen molar-refractivity contribution < 1.29 is 29.3 Å². The van der Waals surface area contributed by atoms with E-state index in [1.54, 1.807) is 30.4 Å². The lowest BCUT2D eigenvalue weighted by atomic mass is 9.79. The average molecular weight is 474 g/mol. The molecule has 0 radical (unpaired) electrons. The van der Waals surface area contributed by atoms with Gasteiger partial charge in [0.2, 0.25) is 5.91 Å². The first kappa shape index (κ1) is 24.4. The fraction of sp³-hybridized carbons (Fsp3) is 0.750. The number of amides is 1. The third kappa shape index (κ3) is 5.05. The monoisotopic (exact) mass is 473 g/mol. The summed E-state index contributed by atoms with van der Waals surface area (Å²) < 4.78 is 5.22. The summed E-state index contributed by atoms with van der Waals surface area (Å²) in [7, 11) is 0. The molecule has 0 aromatic heterocycles. The average Bonchev–Trinajstić information content (AvgIpc) is 3.23. The second kappa shape index (κ2) is 10.1. The van der Waals surface area contributed by atoms with Crippen molar-refractivity contribution in [3.8, 4) is 0 Å². The van der Waals surface area contributed by atoms with Crippen molar-refractivity contribution in [3.63, 3.8) is 0 Å². The summed E-state index contributed by atoms with van der Waals surface area (Å²) >= 11 is 3.19. The molecule has 2 saturated heterocycles. The highest BCUT2D eigenvalue weighted by molar-refractivity contribution is 8.03. The number of hydrogen-bond acceptors (Lipinski definition) is 9. The fourth-order valence-corrected chi connectivity index (χ4v) is 7.19. The number of nitrogens with zero attached hydrogens (tertiary/aromatic N) is 1. The van der Waals surface area contributed by atoms with Crippen molar-refractivity contribution in [3.05, 3.63) is 10.6 Å². The molecule has 0 aromatic rings. The van der Waals surface area contributed by atoms with Crippen molar-refractivity contribution in [2.75, 3.05) is 24.6 Å². The van der Waals surface area contributed by atoms with Crippen molar-refractivity contribution in [2.45, 2.75) is 56.7 Å². The predicted molar refractivity (Wildman–Crippen MR) is 119 cm³/mol. The van der Waals surface area contributed by atoms with Crippen LogP contribution in [-0.2, 0) is 19.1 Å². The molecule has 11 heteroatoms. The molecule has 3 aliphatic heterocycles. The SMILES string of the molecule is CC(=O)O[C@H](C)[C@H]1C(=O)N2C(C(=O)O)=C(S[C@@H]3CN[C@H](CSCC(O)CN)C3)[C@H](C)[C@H]12. The van der Waals surface area contributed by atoms with Crippen molar-refractivity contribution in [1.29, 1.82) is 0 Å². The van der Waals surface area contributed by atoms with E-state index >= 15 is 0 Å². The molecule has 31 heavy (non-hydrogen) atoms. The molecule has 7 atom stereocenters. The number of thioether (sulfide) groups is 2. The van der Waals surface area contributed by atoms with E-state index in [4.69, 9.17) is 10.5 Å². The summed E-state index contributed by atoms with van der Waals surface area (Å²) in [4.78, 5) is 38.2. The predicted octanol–water partition coefficient (Wildman–Crippen LogP) is 0.227. The van der Waals surface area contributed by atoms with E-state index < -0.39 is 30.1 Å². The molecule has 9 nitrogen and oxygen atoms in total. The third-order valence-electron chi connectivity index (χ3n) is 6.03. The number of ether oxygens (including phenoxy) is 1. The van der Waals surface area contributed by atoms with Crippen LogP contribution in [0.5, 0.6) is 0 Å². The summed E-state index contributed by atoms with van der Waals surface area (Å²) in [5.74, 6) is -1.06. The number of carboxylic acids is 1. The lowest BCUT2D eigenvalue weighted by Crippen LogP contribution is -2.64. The van der Waals surface area contributed by atoms with E-state index in [0.717, 1.165) is 23.6 Å². The Morgan fingerprint density at radius 3 is 2.74 bits per heavy atom. The second-order valence-corrected chi connectivity index (χ2v) is 10.8. The van der Waals surface area contributed by atoms with Gasteiger partial charge in [-0.2, -0.15) is 11.8 Å². The van der Waals surface area contributed by atoms with Crippen LogP contribution in [0.2, 0.25) is 0 Å². The number of nitrogens with two attached hydrogens (primary N) is 1. The van der Waals surface area contributed by atoms with Crippen LogP contribution in [0.25, 0.3) is 0 Å². The number of rotatable bonds is 10. The highest BCUT2D eigenvalue weighted by Gasteiger charge is 2.61. The highest BCUT2D eigenvalue weighted by Crippen LogP contribution is 2.52. The summed E-state index contributed by atoms with van der Waals surface area (Å²) in [5, 5.41) is 23.1.